The number of aromatic nitrogens is 5. The number of nitrogens with zero attached hydrogens (tertiary/aromatic N) is 5. The van der Waals surface area contributed by atoms with E-state index in [-0.39, 0.29) is 0 Å². The van der Waals surface area contributed by atoms with Crippen LogP contribution in [-0.4, -0.2) is 38.6 Å². The zero-order valence-electron chi connectivity index (χ0n) is 18.8. The lowest BCUT2D eigenvalue weighted by Crippen LogP contribution is -2.22. The average molecular weight is 452 g/mol. The van der Waals surface area contributed by atoms with Crippen LogP contribution < -0.4 is 0 Å². The zero-order valence-corrected chi connectivity index (χ0v) is 20.6. The van der Waals surface area contributed by atoms with Crippen molar-refractivity contribution in [2.24, 2.45) is 0 Å². The van der Waals surface area contributed by atoms with Crippen LogP contribution >= 0.6 is 11.3 Å². The van der Waals surface area contributed by atoms with E-state index in [2.05, 4.69) is 64.8 Å². The Bertz CT molecular complexity index is 1200. The zero-order chi connectivity index (χ0) is 22.0. The van der Waals surface area contributed by atoms with E-state index in [1.807, 2.05) is 35.7 Å². The monoisotopic (exact) mass is 451 g/mol. The Morgan fingerprint density at radius 1 is 1.10 bits per heavy atom. The van der Waals surface area contributed by atoms with E-state index in [0.717, 1.165) is 51.9 Å². The minimum Gasteiger partial charge on any atom is -0.361 e. The lowest BCUT2D eigenvalue weighted by molar-refractivity contribution is 0.0867. The van der Waals surface area contributed by atoms with Crippen molar-refractivity contribution in [1.82, 2.24) is 23.9 Å². The molecule has 0 N–H and O–H groups in total. The summed E-state index contributed by atoms with van der Waals surface area (Å²) in [6.07, 6.45) is 8.07. The van der Waals surface area contributed by atoms with Crippen molar-refractivity contribution >= 4 is 37.3 Å². The van der Waals surface area contributed by atoms with Crippen LogP contribution in [0.1, 0.15) is 22.9 Å². The fourth-order valence-corrected chi connectivity index (χ4v) is 4.72. The first-order valence-electron chi connectivity index (χ1n) is 10.5. The lowest BCUT2D eigenvalue weighted by atomic mass is 10.3. The van der Waals surface area contributed by atoms with Gasteiger partial charge >= 0.3 is 0 Å². The smallest absolute Gasteiger partial charge is 0.234 e. The number of imidazole rings is 2. The van der Waals surface area contributed by atoms with Crippen LogP contribution in [0, 0.1) is 13.8 Å². The van der Waals surface area contributed by atoms with E-state index < -0.39 is 8.07 Å². The molecule has 0 spiro atoms. The minimum absolute atomic E-state index is 0.494. The van der Waals surface area contributed by atoms with Gasteiger partial charge in [-0.25, -0.2) is 15.0 Å². The fourth-order valence-electron chi connectivity index (χ4n) is 3.28. The third kappa shape index (κ3) is 5.39. The first kappa shape index (κ1) is 21.7. The predicted octanol–water partition coefficient (Wildman–Crippen LogP) is 5.75. The Morgan fingerprint density at radius 2 is 1.94 bits per heavy atom. The summed E-state index contributed by atoms with van der Waals surface area (Å²) >= 11 is 1.69. The summed E-state index contributed by atoms with van der Waals surface area (Å²) in [6.45, 7) is 12.4. The van der Waals surface area contributed by atoms with Gasteiger partial charge < -0.3 is 9.30 Å². The molecule has 4 heterocycles. The maximum absolute atomic E-state index is 5.99. The first-order valence-corrected chi connectivity index (χ1v) is 15.1. The molecule has 0 radical (unpaired) electrons. The predicted molar refractivity (Wildman–Crippen MR) is 131 cm³/mol. The van der Waals surface area contributed by atoms with E-state index in [0.29, 0.717) is 6.73 Å². The molecule has 31 heavy (non-hydrogen) atoms. The molecule has 0 aliphatic heterocycles. The third-order valence-corrected chi connectivity index (χ3v) is 7.59. The summed E-state index contributed by atoms with van der Waals surface area (Å²) in [7, 11) is -1.11. The molecule has 0 aliphatic rings. The highest BCUT2D eigenvalue weighted by molar-refractivity contribution is 7.13. The van der Waals surface area contributed by atoms with Gasteiger partial charge in [0.1, 0.15) is 12.6 Å². The summed E-state index contributed by atoms with van der Waals surface area (Å²) in [5.74, 6) is 1.57. The van der Waals surface area contributed by atoms with Gasteiger partial charge in [-0.2, -0.15) is 0 Å². The number of ether oxygens (including phenoxy) is 1. The topological polar surface area (TPSA) is 57.2 Å². The molecule has 4 rings (SSSR count). The van der Waals surface area contributed by atoms with Crippen molar-refractivity contribution in [2.45, 2.75) is 46.3 Å². The molecule has 8 heteroatoms. The summed E-state index contributed by atoms with van der Waals surface area (Å²) in [5.41, 5.74) is 3.91. The SMILES string of the molecule is Cc1cc(C)n2cc(/C=C/c3nc(-c4cccs4)cn3COCC[Si](C)(C)C)nc2n1. The Morgan fingerprint density at radius 3 is 2.68 bits per heavy atom. The quantitative estimate of drug-likeness (QED) is 0.253. The highest BCUT2D eigenvalue weighted by Gasteiger charge is 2.13. The van der Waals surface area contributed by atoms with Gasteiger partial charge in [-0.3, -0.25) is 4.40 Å². The van der Waals surface area contributed by atoms with Gasteiger partial charge in [0.2, 0.25) is 5.78 Å². The minimum atomic E-state index is -1.11. The van der Waals surface area contributed by atoms with Gasteiger partial charge in [-0.1, -0.05) is 25.7 Å². The Labute approximate surface area is 188 Å². The van der Waals surface area contributed by atoms with Crippen LogP contribution in [0.3, 0.4) is 0 Å². The Kier molecular flexibility index (Phi) is 6.22. The van der Waals surface area contributed by atoms with Crippen molar-refractivity contribution in [3.05, 3.63) is 58.9 Å². The molecular formula is C23H29N5OSSi. The molecule has 0 saturated heterocycles. The van der Waals surface area contributed by atoms with Crippen LogP contribution in [0.5, 0.6) is 0 Å². The fraction of sp³-hybridized carbons (Fsp3) is 0.348. The maximum Gasteiger partial charge on any atom is 0.234 e. The average Bonchev–Trinajstić information content (AvgIpc) is 3.41. The number of fused-ring (bicyclic) bond motifs is 1. The molecule has 6 nitrogen and oxygen atoms in total. The largest absolute Gasteiger partial charge is 0.361 e. The Hall–Kier alpha value is -2.55. The van der Waals surface area contributed by atoms with E-state index in [1.165, 1.54) is 0 Å². The van der Waals surface area contributed by atoms with Crippen molar-refractivity contribution in [1.29, 1.82) is 0 Å². The molecule has 0 aromatic carbocycles. The number of hydrogen-bond donors (Lipinski definition) is 0. The van der Waals surface area contributed by atoms with Crippen molar-refractivity contribution < 1.29 is 4.74 Å². The van der Waals surface area contributed by atoms with Crippen LogP contribution in [0.2, 0.25) is 25.7 Å². The van der Waals surface area contributed by atoms with Gasteiger partial charge in [0.05, 0.1) is 16.3 Å². The standard InChI is InChI=1S/C23H29N5OSSi/c1-17-13-18(2)28-14-19(25-23(28)24-17)8-9-22-26-20(21-7-6-11-30-21)15-27(22)16-29-10-12-31(3,4)5/h6-9,11,13-15H,10,12,16H2,1-5H3/b9-8+. The number of aryl methyl sites for hydroxylation is 2. The van der Waals surface area contributed by atoms with E-state index in [1.54, 1.807) is 11.3 Å². The highest BCUT2D eigenvalue weighted by atomic mass is 32.1. The van der Waals surface area contributed by atoms with Gasteiger partial charge in [0, 0.05) is 38.5 Å². The van der Waals surface area contributed by atoms with E-state index in [4.69, 9.17) is 9.72 Å². The number of rotatable bonds is 8. The second-order valence-corrected chi connectivity index (χ2v) is 15.6. The molecule has 0 atom stereocenters. The first-order chi connectivity index (χ1) is 14.8. The molecule has 0 saturated carbocycles. The van der Waals surface area contributed by atoms with Gasteiger partial charge in [0.15, 0.2) is 0 Å². The number of thiophene rings is 1. The number of hydrogen-bond acceptors (Lipinski definition) is 5. The van der Waals surface area contributed by atoms with E-state index in [9.17, 15) is 0 Å². The van der Waals surface area contributed by atoms with Crippen LogP contribution in [0.15, 0.2) is 36.0 Å². The van der Waals surface area contributed by atoms with Crippen molar-refractivity contribution in [3.63, 3.8) is 0 Å². The maximum atomic E-state index is 5.99. The second kappa shape index (κ2) is 8.90. The lowest BCUT2D eigenvalue weighted by Gasteiger charge is -2.15. The van der Waals surface area contributed by atoms with Crippen LogP contribution in [-0.2, 0) is 11.5 Å². The summed E-state index contributed by atoms with van der Waals surface area (Å²) in [4.78, 5) is 15.2. The molecule has 0 amide bonds. The normalized spacial score (nSPS) is 12.4. The summed E-state index contributed by atoms with van der Waals surface area (Å²) in [5, 5.41) is 2.07. The molecule has 4 aromatic heterocycles. The molecule has 0 fully saturated rings. The van der Waals surface area contributed by atoms with Crippen molar-refractivity contribution in [3.8, 4) is 10.6 Å². The van der Waals surface area contributed by atoms with Gasteiger partial charge in [-0.15, -0.1) is 11.3 Å². The Balaban J connectivity index is 1.57. The summed E-state index contributed by atoms with van der Waals surface area (Å²) in [6, 6.07) is 7.35. The van der Waals surface area contributed by atoms with Gasteiger partial charge in [0.25, 0.3) is 0 Å². The third-order valence-electron chi connectivity index (χ3n) is 4.99. The van der Waals surface area contributed by atoms with Gasteiger partial charge in [-0.05, 0) is 49.6 Å². The second-order valence-electron chi connectivity index (χ2n) is 8.99. The van der Waals surface area contributed by atoms with Crippen molar-refractivity contribution in [2.75, 3.05) is 6.61 Å². The molecule has 0 bridgehead atoms. The molecule has 0 aliphatic carbocycles. The van der Waals surface area contributed by atoms with Crippen LogP contribution in [0.4, 0.5) is 0 Å². The van der Waals surface area contributed by atoms with E-state index >= 15 is 0 Å². The molecule has 0 unspecified atom stereocenters. The highest BCUT2D eigenvalue weighted by Crippen LogP contribution is 2.25. The molecule has 4 aromatic rings. The van der Waals surface area contributed by atoms with Crippen LogP contribution in [0.25, 0.3) is 28.5 Å². The summed E-state index contributed by atoms with van der Waals surface area (Å²) < 4.78 is 10.1. The molecular weight excluding hydrogens is 422 g/mol. The molecule has 162 valence electrons.